The third-order valence-electron chi connectivity index (χ3n) is 0.729. The highest BCUT2D eigenvalue weighted by molar-refractivity contribution is 7.82. The molecule has 0 amide bonds. The maximum atomic E-state index is 10.2. The first-order valence-electron chi connectivity index (χ1n) is 2.83. The van der Waals surface area contributed by atoms with E-state index in [0.717, 1.165) is 0 Å². The van der Waals surface area contributed by atoms with E-state index in [0.29, 0.717) is 0 Å². The first-order chi connectivity index (χ1) is 5.33. The van der Waals surface area contributed by atoms with Gasteiger partial charge in [-0.05, 0) is 6.92 Å². The second-order valence-electron chi connectivity index (χ2n) is 1.88. The van der Waals surface area contributed by atoms with Gasteiger partial charge < -0.3 is 10.2 Å². The summed E-state index contributed by atoms with van der Waals surface area (Å²) >= 11 is 0. The van der Waals surface area contributed by atoms with Crippen LogP contribution in [0.3, 0.4) is 0 Å². The first-order valence-corrected chi connectivity index (χ1v) is 4.16. The maximum absolute atomic E-state index is 10.2. The Bertz CT molecular complexity index is 238. The van der Waals surface area contributed by atoms with Crippen LogP contribution in [0, 0.1) is 0 Å². The molecule has 1 aliphatic heterocycles. The highest BCUT2D eigenvalue weighted by Gasteiger charge is 2.25. The lowest BCUT2D eigenvalue weighted by atomic mass is 10.5. The van der Waals surface area contributed by atoms with Crippen LogP contribution in [0.2, 0.25) is 0 Å². The molecule has 0 aliphatic carbocycles. The second kappa shape index (κ2) is 4.24. The predicted octanol–water partition coefficient (Wildman–Crippen LogP) is -0.111. The van der Waals surface area contributed by atoms with Gasteiger partial charge in [0.15, 0.2) is 0 Å². The lowest BCUT2D eigenvalue weighted by Gasteiger charge is -1.89. The van der Waals surface area contributed by atoms with E-state index in [4.69, 9.17) is 15.0 Å². The molecule has 1 saturated heterocycles. The molecule has 0 aromatic rings. The van der Waals surface area contributed by atoms with E-state index in [2.05, 4.69) is 8.37 Å². The Kier molecular flexibility index (Phi) is 3.93. The van der Waals surface area contributed by atoms with Gasteiger partial charge in [-0.2, -0.15) is 8.42 Å². The fourth-order valence-electron chi connectivity index (χ4n) is 0.436. The number of carbonyl (C=O) groups is 1. The van der Waals surface area contributed by atoms with Crippen molar-refractivity contribution in [3.63, 3.8) is 0 Å². The van der Waals surface area contributed by atoms with E-state index in [1.165, 1.54) is 0 Å². The third kappa shape index (κ3) is 5.89. The summed E-state index contributed by atoms with van der Waals surface area (Å²) in [6, 6.07) is 0. The molecule has 0 bridgehead atoms. The van der Waals surface area contributed by atoms with E-state index in [9.17, 15) is 8.42 Å². The SMILES string of the molecule is CC1COS(=O)(=O)O1.O=C(O)O. The van der Waals surface area contributed by atoms with Crippen LogP contribution in [-0.4, -0.2) is 37.5 Å². The van der Waals surface area contributed by atoms with Gasteiger partial charge in [-0.3, -0.25) is 0 Å². The summed E-state index contributed by atoms with van der Waals surface area (Å²) in [4.78, 5) is 8.56. The smallest absolute Gasteiger partial charge is 0.450 e. The molecule has 1 heterocycles. The molecule has 1 aliphatic rings. The number of carboxylic acid groups (broad SMARTS) is 2. The van der Waals surface area contributed by atoms with Gasteiger partial charge in [0.1, 0.15) is 6.10 Å². The summed E-state index contributed by atoms with van der Waals surface area (Å²) in [5.74, 6) is 0. The fraction of sp³-hybridized carbons (Fsp3) is 0.750. The van der Waals surface area contributed by atoms with Crippen molar-refractivity contribution in [2.75, 3.05) is 6.61 Å². The van der Waals surface area contributed by atoms with E-state index < -0.39 is 16.6 Å². The fourth-order valence-corrected chi connectivity index (χ4v) is 1.31. The molecule has 1 rings (SSSR count). The lowest BCUT2D eigenvalue weighted by molar-refractivity contribution is 0.137. The highest BCUT2D eigenvalue weighted by Crippen LogP contribution is 2.10. The van der Waals surface area contributed by atoms with E-state index in [1.807, 2.05) is 0 Å². The molecule has 72 valence electrons. The molecule has 1 unspecified atom stereocenters. The van der Waals surface area contributed by atoms with Crippen molar-refractivity contribution in [1.29, 1.82) is 0 Å². The molecule has 7 nitrogen and oxygen atoms in total. The average Bonchev–Trinajstić information content (AvgIpc) is 2.07. The zero-order valence-corrected chi connectivity index (χ0v) is 6.94. The van der Waals surface area contributed by atoms with Crippen LogP contribution in [0.5, 0.6) is 0 Å². The Hall–Kier alpha value is -0.860. The van der Waals surface area contributed by atoms with Gasteiger partial charge in [0, 0.05) is 0 Å². The highest BCUT2D eigenvalue weighted by atomic mass is 32.3. The molecular weight excluding hydrogens is 192 g/mol. The van der Waals surface area contributed by atoms with Crippen molar-refractivity contribution in [3.8, 4) is 0 Å². The Morgan fingerprint density at radius 2 is 1.92 bits per heavy atom. The standard InChI is InChI=1S/C3H6O4S.CH2O3/c1-3-2-6-8(4,5)7-3;2-1(3)4/h3H,2H2,1H3;(H2,2,3,4). The Morgan fingerprint density at radius 1 is 1.50 bits per heavy atom. The zero-order chi connectivity index (χ0) is 9.78. The molecule has 0 radical (unpaired) electrons. The molecule has 0 aromatic heterocycles. The van der Waals surface area contributed by atoms with Crippen LogP contribution in [0.4, 0.5) is 4.79 Å². The van der Waals surface area contributed by atoms with Gasteiger partial charge in [-0.1, -0.05) is 0 Å². The van der Waals surface area contributed by atoms with Gasteiger partial charge in [-0.25, -0.2) is 13.2 Å². The van der Waals surface area contributed by atoms with Crippen molar-refractivity contribution in [2.45, 2.75) is 13.0 Å². The lowest BCUT2D eigenvalue weighted by Crippen LogP contribution is -2.02. The molecule has 0 saturated carbocycles. The van der Waals surface area contributed by atoms with Crippen LogP contribution in [0.25, 0.3) is 0 Å². The summed E-state index contributed by atoms with van der Waals surface area (Å²) in [5, 5.41) is 13.9. The Balaban J connectivity index is 0.000000261. The van der Waals surface area contributed by atoms with Crippen molar-refractivity contribution >= 4 is 16.6 Å². The molecule has 8 heteroatoms. The summed E-state index contributed by atoms with van der Waals surface area (Å²) in [6.45, 7) is 1.77. The summed E-state index contributed by atoms with van der Waals surface area (Å²) in [6.07, 6.45) is -2.15. The van der Waals surface area contributed by atoms with Crippen LogP contribution in [0.15, 0.2) is 0 Å². The third-order valence-corrected chi connectivity index (χ3v) is 1.72. The molecule has 1 atom stereocenters. The van der Waals surface area contributed by atoms with Crippen LogP contribution in [0.1, 0.15) is 6.92 Å². The van der Waals surface area contributed by atoms with Crippen LogP contribution >= 0.6 is 0 Å². The van der Waals surface area contributed by atoms with Crippen LogP contribution < -0.4 is 0 Å². The first kappa shape index (κ1) is 11.1. The van der Waals surface area contributed by atoms with Gasteiger partial charge >= 0.3 is 16.6 Å². The van der Waals surface area contributed by atoms with E-state index >= 15 is 0 Å². The number of hydrogen-bond donors (Lipinski definition) is 2. The molecule has 0 aromatic carbocycles. The van der Waals surface area contributed by atoms with Crippen molar-refractivity contribution in [3.05, 3.63) is 0 Å². The quantitative estimate of drug-likeness (QED) is 0.561. The maximum Gasteiger partial charge on any atom is 0.503 e. The van der Waals surface area contributed by atoms with Gasteiger partial charge in [0.2, 0.25) is 0 Å². The van der Waals surface area contributed by atoms with Crippen molar-refractivity contribution in [1.82, 2.24) is 0 Å². The average molecular weight is 200 g/mol. The number of rotatable bonds is 0. The molecule has 0 spiro atoms. The molecule has 2 N–H and O–H groups in total. The van der Waals surface area contributed by atoms with Gasteiger partial charge in [-0.15, -0.1) is 0 Å². The zero-order valence-electron chi connectivity index (χ0n) is 6.13. The van der Waals surface area contributed by atoms with E-state index in [1.54, 1.807) is 6.92 Å². The molecule has 12 heavy (non-hydrogen) atoms. The number of hydrogen-bond acceptors (Lipinski definition) is 5. The summed E-state index contributed by atoms with van der Waals surface area (Å²) in [7, 11) is -3.60. The normalized spacial score (nSPS) is 25.6. The van der Waals surface area contributed by atoms with E-state index in [-0.39, 0.29) is 12.7 Å². The minimum atomic E-state index is -3.60. The summed E-state index contributed by atoms with van der Waals surface area (Å²) in [5.41, 5.74) is 0. The second-order valence-corrected chi connectivity index (χ2v) is 3.13. The predicted molar refractivity (Wildman–Crippen MR) is 36.1 cm³/mol. The monoisotopic (exact) mass is 200 g/mol. The minimum Gasteiger partial charge on any atom is -0.450 e. The minimum absolute atomic E-state index is 0.141. The largest absolute Gasteiger partial charge is 0.503 e. The van der Waals surface area contributed by atoms with Crippen molar-refractivity contribution in [2.24, 2.45) is 0 Å². The topological polar surface area (TPSA) is 110 Å². The van der Waals surface area contributed by atoms with Gasteiger partial charge in [0.25, 0.3) is 0 Å². The Labute approximate surface area is 68.9 Å². The molecule has 1 fully saturated rings. The Morgan fingerprint density at radius 3 is 2.00 bits per heavy atom. The van der Waals surface area contributed by atoms with Gasteiger partial charge in [0.05, 0.1) is 6.61 Å². The summed E-state index contributed by atoms with van der Waals surface area (Å²) < 4.78 is 28.9. The van der Waals surface area contributed by atoms with Crippen LogP contribution in [-0.2, 0) is 18.8 Å². The van der Waals surface area contributed by atoms with Crippen molar-refractivity contribution < 1.29 is 31.8 Å². The molecular formula is C4H8O7S.